The van der Waals surface area contributed by atoms with Crippen LogP contribution in [0.4, 0.5) is 0 Å². The molecule has 0 saturated carbocycles. The summed E-state index contributed by atoms with van der Waals surface area (Å²) in [6.07, 6.45) is 4.45. The Bertz CT molecular complexity index is 557. The molecule has 2 atom stereocenters. The van der Waals surface area contributed by atoms with Crippen LogP contribution in [-0.2, 0) is 9.53 Å². The number of fused-ring (bicyclic) bond motifs is 1. The number of nitrogens with zero attached hydrogens (tertiary/aromatic N) is 1. The van der Waals surface area contributed by atoms with Crippen LogP contribution in [0.25, 0.3) is 0 Å². The number of piperidine rings is 1. The van der Waals surface area contributed by atoms with E-state index in [1.807, 2.05) is 18.2 Å². The zero-order chi connectivity index (χ0) is 16.2. The van der Waals surface area contributed by atoms with Gasteiger partial charge in [0.25, 0.3) is 0 Å². The first-order valence-corrected chi connectivity index (χ1v) is 8.83. The second-order valence-corrected chi connectivity index (χ2v) is 6.91. The van der Waals surface area contributed by atoms with Gasteiger partial charge >= 0.3 is 5.97 Å². The Morgan fingerprint density at radius 1 is 1.35 bits per heavy atom. The molecule has 3 rings (SSSR count). The molecule has 2 aliphatic rings. The molecule has 0 spiro atoms. The second-order valence-electron chi connectivity index (χ2n) is 6.47. The number of halogens is 1. The van der Waals surface area contributed by atoms with Crippen molar-refractivity contribution >= 4 is 17.6 Å². The highest BCUT2D eigenvalue weighted by Crippen LogP contribution is 2.39. The Morgan fingerprint density at radius 2 is 2.13 bits per heavy atom. The Balaban J connectivity index is 1.84. The highest BCUT2D eigenvalue weighted by atomic mass is 35.5. The number of esters is 1. The van der Waals surface area contributed by atoms with Gasteiger partial charge in [0.2, 0.25) is 0 Å². The molecule has 2 aliphatic heterocycles. The molecule has 1 aromatic carbocycles. The van der Waals surface area contributed by atoms with E-state index in [1.165, 1.54) is 26.2 Å². The van der Waals surface area contributed by atoms with Crippen LogP contribution in [-0.4, -0.2) is 37.1 Å². The Kier molecular flexibility index (Phi) is 5.44. The van der Waals surface area contributed by atoms with Gasteiger partial charge in [0.15, 0.2) is 0 Å². The fourth-order valence-corrected chi connectivity index (χ4v) is 3.76. The second kappa shape index (κ2) is 7.54. The maximum Gasteiger partial charge on any atom is 0.303 e. The van der Waals surface area contributed by atoms with Gasteiger partial charge in [-0.2, -0.15) is 0 Å². The van der Waals surface area contributed by atoms with Crippen molar-refractivity contribution in [1.82, 2.24) is 4.90 Å². The van der Waals surface area contributed by atoms with Crippen molar-refractivity contribution < 1.29 is 14.3 Å². The molecule has 4 nitrogen and oxygen atoms in total. The molecule has 1 fully saturated rings. The van der Waals surface area contributed by atoms with E-state index < -0.39 is 0 Å². The first kappa shape index (κ1) is 16.6. The van der Waals surface area contributed by atoms with Crippen LogP contribution >= 0.6 is 11.6 Å². The van der Waals surface area contributed by atoms with Crippen molar-refractivity contribution in [1.29, 1.82) is 0 Å². The van der Waals surface area contributed by atoms with Crippen molar-refractivity contribution in [2.24, 2.45) is 5.92 Å². The summed E-state index contributed by atoms with van der Waals surface area (Å²) in [5.74, 6) is 0.741. The van der Waals surface area contributed by atoms with Gasteiger partial charge in [-0.15, -0.1) is 0 Å². The molecule has 0 bridgehead atoms. The summed E-state index contributed by atoms with van der Waals surface area (Å²) in [5, 5.41) is 0.639. The lowest BCUT2D eigenvalue weighted by atomic mass is 9.92. The number of carbonyl (C=O) groups excluding carboxylic acids is 1. The van der Waals surface area contributed by atoms with Crippen molar-refractivity contribution in [3.05, 3.63) is 28.8 Å². The fraction of sp³-hybridized carbons (Fsp3) is 0.611. The quantitative estimate of drug-likeness (QED) is 0.786. The van der Waals surface area contributed by atoms with Gasteiger partial charge in [-0.3, -0.25) is 4.79 Å². The molecule has 0 aliphatic carbocycles. The van der Waals surface area contributed by atoms with Crippen LogP contribution in [0.1, 0.15) is 44.3 Å². The van der Waals surface area contributed by atoms with E-state index >= 15 is 0 Å². The minimum absolute atomic E-state index is 0.249. The molecule has 0 radical (unpaired) electrons. The average Bonchev–Trinajstić information content (AvgIpc) is 2.68. The largest absolute Gasteiger partial charge is 0.493 e. The lowest BCUT2D eigenvalue weighted by Crippen LogP contribution is -2.37. The zero-order valence-corrected chi connectivity index (χ0v) is 14.3. The van der Waals surface area contributed by atoms with E-state index in [9.17, 15) is 4.79 Å². The molecule has 2 heterocycles. The van der Waals surface area contributed by atoms with Crippen LogP contribution in [0.15, 0.2) is 18.2 Å². The Hall–Kier alpha value is -1.26. The highest BCUT2D eigenvalue weighted by molar-refractivity contribution is 6.30. The molecule has 0 N–H and O–H groups in total. The van der Waals surface area contributed by atoms with Gasteiger partial charge in [0, 0.05) is 30.0 Å². The number of likely N-dealkylation sites (tertiary alicyclic amines) is 1. The van der Waals surface area contributed by atoms with Crippen molar-refractivity contribution in [2.75, 3.05) is 26.2 Å². The topological polar surface area (TPSA) is 38.8 Å². The summed E-state index contributed by atoms with van der Waals surface area (Å²) in [6, 6.07) is 5.58. The Morgan fingerprint density at radius 3 is 2.87 bits per heavy atom. The molecule has 5 heteroatoms. The van der Waals surface area contributed by atoms with Crippen LogP contribution in [0.3, 0.4) is 0 Å². The zero-order valence-electron chi connectivity index (χ0n) is 13.6. The molecule has 1 aromatic rings. The molecule has 126 valence electrons. The molecule has 23 heavy (non-hydrogen) atoms. The number of ether oxygens (including phenoxy) is 2. The van der Waals surface area contributed by atoms with Gasteiger partial charge in [-0.1, -0.05) is 24.1 Å². The summed E-state index contributed by atoms with van der Waals surface area (Å²) >= 11 is 6.08. The minimum Gasteiger partial charge on any atom is -0.493 e. The van der Waals surface area contributed by atoms with Crippen LogP contribution in [0, 0.1) is 5.92 Å². The smallest absolute Gasteiger partial charge is 0.303 e. The predicted octanol–water partition coefficient (Wildman–Crippen LogP) is 3.83. The summed E-state index contributed by atoms with van der Waals surface area (Å²) in [4.78, 5) is 14.1. The molecular weight excluding hydrogens is 314 g/mol. The Labute approximate surface area is 142 Å². The minimum atomic E-state index is -0.260. The van der Waals surface area contributed by atoms with E-state index in [2.05, 4.69) is 4.90 Å². The van der Waals surface area contributed by atoms with Crippen molar-refractivity contribution in [3.8, 4) is 5.75 Å². The first-order chi connectivity index (χ1) is 11.1. The average molecular weight is 338 g/mol. The third-order valence-corrected chi connectivity index (χ3v) is 4.93. The lowest BCUT2D eigenvalue weighted by molar-refractivity contribution is -0.150. The molecule has 1 saturated heterocycles. The van der Waals surface area contributed by atoms with E-state index in [0.717, 1.165) is 37.4 Å². The van der Waals surface area contributed by atoms with E-state index in [-0.39, 0.29) is 18.0 Å². The first-order valence-electron chi connectivity index (χ1n) is 8.45. The van der Waals surface area contributed by atoms with Gasteiger partial charge in [-0.05, 0) is 44.5 Å². The number of rotatable bonds is 3. The van der Waals surface area contributed by atoms with Gasteiger partial charge < -0.3 is 14.4 Å². The summed E-state index contributed by atoms with van der Waals surface area (Å²) in [6.45, 7) is 5.32. The number of benzene rings is 1. The third kappa shape index (κ3) is 4.18. The lowest BCUT2D eigenvalue weighted by Gasteiger charge is -2.33. The summed E-state index contributed by atoms with van der Waals surface area (Å²) in [7, 11) is 0. The van der Waals surface area contributed by atoms with Gasteiger partial charge in [0.05, 0.1) is 6.61 Å². The van der Waals surface area contributed by atoms with Gasteiger partial charge in [-0.25, -0.2) is 0 Å². The monoisotopic (exact) mass is 337 g/mol. The van der Waals surface area contributed by atoms with E-state index in [1.54, 1.807) is 0 Å². The van der Waals surface area contributed by atoms with Crippen LogP contribution in [0.2, 0.25) is 5.02 Å². The van der Waals surface area contributed by atoms with E-state index in [4.69, 9.17) is 21.1 Å². The van der Waals surface area contributed by atoms with Crippen molar-refractivity contribution in [3.63, 3.8) is 0 Å². The van der Waals surface area contributed by atoms with Gasteiger partial charge in [0.1, 0.15) is 11.9 Å². The standard InChI is InChI=1S/C18H24ClNO3/c1-13(21)23-18-14(12-20-8-3-2-4-9-20)7-10-22-17-11-15(19)5-6-16(17)18/h5-6,11,14,18H,2-4,7-10,12H2,1H3/t14-,18?/m0/s1. The SMILES string of the molecule is CC(=O)OC1c2ccc(Cl)cc2OCC[C@H]1CN1CCCCC1. The molecule has 0 aromatic heterocycles. The van der Waals surface area contributed by atoms with E-state index in [0.29, 0.717) is 11.6 Å². The third-order valence-electron chi connectivity index (χ3n) is 4.69. The fourth-order valence-electron chi connectivity index (χ4n) is 3.59. The summed E-state index contributed by atoms with van der Waals surface area (Å²) < 4.78 is 11.6. The van der Waals surface area contributed by atoms with Crippen LogP contribution < -0.4 is 4.74 Å². The number of hydrogen-bond acceptors (Lipinski definition) is 4. The molecule has 0 amide bonds. The number of hydrogen-bond donors (Lipinski definition) is 0. The predicted molar refractivity (Wildman–Crippen MR) is 89.9 cm³/mol. The van der Waals surface area contributed by atoms with Crippen molar-refractivity contribution in [2.45, 2.75) is 38.7 Å². The molecular formula is C18H24ClNO3. The normalized spacial score (nSPS) is 25.1. The number of carbonyl (C=O) groups is 1. The molecule has 1 unspecified atom stereocenters. The van der Waals surface area contributed by atoms with Crippen LogP contribution in [0.5, 0.6) is 5.75 Å². The maximum absolute atomic E-state index is 11.6. The maximum atomic E-state index is 11.6. The summed E-state index contributed by atoms with van der Waals surface area (Å²) in [5.41, 5.74) is 0.934. The highest BCUT2D eigenvalue weighted by Gasteiger charge is 2.33.